The maximum atomic E-state index is 12.0. The molecular formula is C18H24N4O2S. The minimum atomic E-state index is -0.338. The summed E-state index contributed by atoms with van der Waals surface area (Å²) in [5.74, 6) is -0.415. The minimum Gasteiger partial charge on any atom is -0.323 e. The molecule has 0 aliphatic rings. The van der Waals surface area contributed by atoms with E-state index in [1.807, 2.05) is 19.9 Å². The van der Waals surface area contributed by atoms with Crippen LogP contribution in [0.4, 0.5) is 0 Å². The number of imidazole rings is 1. The predicted octanol–water partition coefficient (Wildman–Crippen LogP) is 2.85. The number of nitrogens with one attached hydrogen (secondary N) is 2. The number of benzene rings is 1. The summed E-state index contributed by atoms with van der Waals surface area (Å²) >= 11 is 1.38. The van der Waals surface area contributed by atoms with Gasteiger partial charge < -0.3 is 4.57 Å². The van der Waals surface area contributed by atoms with Gasteiger partial charge in [-0.15, -0.1) is 0 Å². The van der Waals surface area contributed by atoms with E-state index in [0.717, 1.165) is 35.9 Å². The normalized spacial score (nSPS) is 10.5. The number of carbonyl (C=O) groups excluding carboxylic acids is 2. The highest BCUT2D eigenvalue weighted by atomic mass is 32.2. The van der Waals surface area contributed by atoms with Crippen molar-refractivity contribution in [2.75, 3.05) is 5.75 Å². The van der Waals surface area contributed by atoms with Crippen LogP contribution in [0.3, 0.4) is 0 Å². The maximum Gasteiger partial charge on any atom is 0.269 e. The first-order chi connectivity index (χ1) is 12.0. The zero-order chi connectivity index (χ0) is 18.2. The molecule has 0 aliphatic heterocycles. The smallest absolute Gasteiger partial charge is 0.269 e. The minimum absolute atomic E-state index is 0.192. The van der Waals surface area contributed by atoms with Crippen LogP contribution in [0.1, 0.15) is 41.5 Å². The highest BCUT2D eigenvalue weighted by Gasteiger charge is 2.13. The zero-order valence-corrected chi connectivity index (χ0v) is 15.7. The molecule has 0 fully saturated rings. The van der Waals surface area contributed by atoms with Gasteiger partial charge in [0.15, 0.2) is 5.16 Å². The summed E-state index contributed by atoms with van der Waals surface area (Å²) < 4.78 is 2.15. The lowest BCUT2D eigenvalue weighted by Crippen LogP contribution is -2.42. The van der Waals surface area contributed by atoms with Crippen LogP contribution in [-0.4, -0.2) is 27.1 Å². The molecule has 2 rings (SSSR count). The largest absolute Gasteiger partial charge is 0.323 e. The Hall–Kier alpha value is -2.28. The van der Waals surface area contributed by atoms with Gasteiger partial charge in [0.05, 0.1) is 11.4 Å². The Morgan fingerprint density at radius 1 is 1.16 bits per heavy atom. The molecule has 0 radical (unpaired) electrons. The van der Waals surface area contributed by atoms with Gasteiger partial charge in [-0.3, -0.25) is 20.4 Å². The molecule has 0 saturated heterocycles. The summed E-state index contributed by atoms with van der Waals surface area (Å²) in [6, 6.07) is 8.75. The van der Waals surface area contributed by atoms with Gasteiger partial charge in [0.1, 0.15) is 0 Å². The fourth-order valence-electron chi connectivity index (χ4n) is 2.27. The molecule has 25 heavy (non-hydrogen) atoms. The molecule has 134 valence electrons. The Balaban J connectivity index is 1.86. The molecule has 1 aromatic carbocycles. The lowest BCUT2D eigenvalue weighted by molar-refractivity contribution is -0.119. The molecule has 0 saturated carbocycles. The Bertz CT molecular complexity index is 728. The van der Waals surface area contributed by atoms with Gasteiger partial charge in [-0.1, -0.05) is 43.3 Å². The third kappa shape index (κ3) is 5.35. The predicted molar refractivity (Wildman–Crippen MR) is 99.4 cm³/mol. The van der Waals surface area contributed by atoms with E-state index in [9.17, 15) is 9.59 Å². The van der Waals surface area contributed by atoms with Gasteiger partial charge in [0.25, 0.3) is 5.91 Å². The average molecular weight is 360 g/mol. The first kappa shape index (κ1) is 19.1. The van der Waals surface area contributed by atoms with Crippen molar-refractivity contribution in [1.82, 2.24) is 20.4 Å². The van der Waals surface area contributed by atoms with E-state index in [2.05, 4.69) is 27.3 Å². The third-order valence-electron chi connectivity index (χ3n) is 3.84. The van der Waals surface area contributed by atoms with Gasteiger partial charge in [0.2, 0.25) is 5.91 Å². The number of hydrogen-bond acceptors (Lipinski definition) is 4. The number of hydrogen-bond donors (Lipinski definition) is 2. The van der Waals surface area contributed by atoms with Gasteiger partial charge >= 0.3 is 0 Å². The highest BCUT2D eigenvalue weighted by Crippen LogP contribution is 2.21. The van der Waals surface area contributed by atoms with E-state index in [4.69, 9.17) is 0 Å². The number of aromatic nitrogens is 2. The van der Waals surface area contributed by atoms with Crippen molar-refractivity contribution in [3.8, 4) is 0 Å². The van der Waals surface area contributed by atoms with Gasteiger partial charge in [-0.2, -0.15) is 0 Å². The standard InChI is InChI=1S/C18H24N4O2S/c1-4-5-11-22-14(3)13(2)19-18(22)25-12-16(23)20-21-17(24)15-9-7-6-8-10-15/h6-10H,4-5,11-12H2,1-3H3,(H,20,23)(H,21,24). The van der Waals surface area contributed by atoms with Crippen molar-refractivity contribution in [3.05, 3.63) is 47.3 Å². The Labute approximate surface area is 152 Å². The topological polar surface area (TPSA) is 76.0 Å². The van der Waals surface area contributed by atoms with E-state index in [-0.39, 0.29) is 17.6 Å². The molecule has 0 unspecified atom stereocenters. The van der Waals surface area contributed by atoms with Crippen LogP contribution in [-0.2, 0) is 11.3 Å². The summed E-state index contributed by atoms with van der Waals surface area (Å²) in [7, 11) is 0. The molecule has 2 aromatic rings. The van der Waals surface area contributed by atoms with Crippen molar-refractivity contribution >= 4 is 23.6 Å². The van der Waals surface area contributed by atoms with Crippen LogP contribution in [0, 0.1) is 13.8 Å². The number of rotatable bonds is 7. The summed E-state index contributed by atoms with van der Waals surface area (Å²) in [5.41, 5.74) is 7.47. The average Bonchev–Trinajstić information content (AvgIpc) is 2.90. The molecule has 0 aliphatic carbocycles. The monoisotopic (exact) mass is 360 g/mol. The lowest BCUT2D eigenvalue weighted by atomic mass is 10.2. The Morgan fingerprint density at radius 2 is 1.88 bits per heavy atom. The van der Waals surface area contributed by atoms with Gasteiger partial charge in [0, 0.05) is 17.8 Å². The van der Waals surface area contributed by atoms with Crippen LogP contribution in [0.2, 0.25) is 0 Å². The van der Waals surface area contributed by atoms with Crippen LogP contribution >= 0.6 is 11.8 Å². The molecule has 0 atom stereocenters. The van der Waals surface area contributed by atoms with Crippen LogP contribution < -0.4 is 10.9 Å². The molecule has 0 spiro atoms. The molecular weight excluding hydrogens is 336 g/mol. The fraction of sp³-hybridized carbons (Fsp3) is 0.389. The van der Waals surface area contributed by atoms with E-state index in [1.54, 1.807) is 24.3 Å². The van der Waals surface area contributed by atoms with Crippen molar-refractivity contribution in [2.45, 2.75) is 45.3 Å². The second kappa shape index (κ2) is 9.27. The van der Waals surface area contributed by atoms with Crippen molar-refractivity contribution < 1.29 is 9.59 Å². The van der Waals surface area contributed by atoms with Crippen LogP contribution in [0.15, 0.2) is 35.5 Å². The number of carbonyl (C=O) groups is 2. The van der Waals surface area contributed by atoms with Gasteiger partial charge in [-0.05, 0) is 32.4 Å². The maximum absolute atomic E-state index is 12.0. The summed E-state index contributed by atoms with van der Waals surface area (Å²) in [4.78, 5) is 28.4. The van der Waals surface area contributed by atoms with E-state index < -0.39 is 0 Å². The molecule has 1 heterocycles. The molecule has 6 nitrogen and oxygen atoms in total. The van der Waals surface area contributed by atoms with Crippen molar-refractivity contribution in [2.24, 2.45) is 0 Å². The lowest BCUT2D eigenvalue weighted by Gasteiger charge is -2.10. The van der Waals surface area contributed by atoms with E-state index in [0.29, 0.717) is 5.56 Å². The molecule has 0 bridgehead atoms. The Morgan fingerprint density at radius 3 is 2.56 bits per heavy atom. The summed E-state index contributed by atoms with van der Waals surface area (Å²) in [5, 5.41) is 0.841. The van der Waals surface area contributed by atoms with Gasteiger partial charge in [-0.25, -0.2) is 4.98 Å². The van der Waals surface area contributed by atoms with Crippen molar-refractivity contribution in [3.63, 3.8) is 0 Å². The second-order valence-corrected chi connectivity index (χ2v) is 6.67. The third-order valence-corrected chi connectivity index (χ3v) is 4.82. The number of hydrazine groups is 1. The highest BCUT2D eigenvalue weighted by molar-refractivity contribution is 7.99. The van der Waals surface area contributed by atoms with E-state index in [1.165, 1.54) is 11.8 Å². The SMILES string of the molecule is CCCCn1c(SCC(=O)NNC(=O)c2ccccc2)nc(C)c1C. The quantitative estimate of drug-likeness (QED) is 0.588. The number of thioether (sulfide) groups is 1. The number of aryl methyl sites for hydroxylation is 1. The molecule has 7 heteroatoms. The first-order valence-electron chi connectivity index (χ1n) is 8.33. The number of nitrogens with zero attached hydrogens (tertiary/aromatic N) is 2. The molecule has 2 amide bonds. The number of amides is 2. The zero-order valence-electron chi connectivity index (χ0n) is 14.8. The molecule has 2 N–H and O–H groups in total. The summed E-state index contributed by atoms with van der Waals surface area (Å²) in [6.45, 7) is 7.07. The van der Waals surface area contributed by atoms with E-state index >= 15 is 0 Å². The number of unbranched alkanes of at least 4 members (excludes halogenated alkanes) is 1. The fourth-order valence-corrected chi connectivity index (χ4v) is 3.19. The van der Waals surface area contributed by atoms with Crippen LogP contribution in [0.5, 0.6) is 0 Å². The second-order valence-electron chi connectivity index (χ2n) is 5.73. The Kier molecular flexibility index (Phi) is 7.06. The van der Waals surface area contributed by atoms with Crippen molar-refractivity contribution in [1.29, 1.82) is 0 Å². The first-order valence-corrected chi connectivity index (χ1v) is 9.32. The molecule has 1 aromatic heterocycles. The van der Waals surface area contributed by atoms with Crippen LogP contribution in [0.25, 0.3) is 0 Å². The summed E-state index contributed by atoms with van der Waals surface area (Å²) in [6.07, 6.45) is 2.18.